The minimum absolute atomic E-state index is 0.0221. The summed E-state index contributed by atoms with van der Waals surface area (Å²) in [6.07, 6.45) is 1.40. The maximum absolute atomic E-state index is 11.8. The summed E-state index contributed by atoms with van der Waals surface area (Å²) in [7, 11) is 0. The fourth-order valence-electron chi connectivity index (χ4n) is 6.49. The molecule has 0 saturated carbocycles. The molecule has 0 spiro atoms. The maximum atomic E-state index is 11.8. The van der Waals surface area contributed by atoms with E-state index in [1.165, 1.54) is 60.1 Å². The average Bonchev–Trinajstić information content (AvgIpc) is 4.05. The number of carbonyl (C=O) groups excluding carboxylic acids is 2. The molecule has 0 fully saturated rings. The molecule has 0 aliphatic heterocycles. The van der Waals surface area contributed by atoms with E-state index in [2.05, 4.69) is 61.2 Å². The van der Waals surface area contributed by atoms with Gasteiger partial charge in [-0.1, -0.05) is 0 Å². The summed E-state index contributed by atoms with van der Waals surface area (Å²) in [5.41, 5.74) is 0.521. The third kappa shape index (κ3) is 15.5. The van der Waals surface area contributed by atoms with Crippen LogP contribution in [0.25, 0.3) is 11.4 Å². The molecule has 4 aromatic heterocycles. The molecule has 0 saturated heterocycles. The number of benzene rings is 2. The molecule has 0 bridgehead atoms. The predicted octanol–water partition coefficient (Wildman–Crippen LogP) is 3.10. The topological polar surface area (TPSA) is 510 Å². The Hall–Kier alpha value is -12.0. The second-order valence-electron chi connectivity index (χ2n) is 15.6. The highest BCUT2D eigenvalue weighted by molar-refractivity contribution is 5.92. The van der Waals surface area contributed by atoms with Crippen molar-refractivity contribution in [3.8, 4) is 23.5 Å². The van der Waals surface area contributed by atoms with Crippen LogP contribution >= 0.6 is 0 Å². The van der Waals surface area contributed by atoms with Crippen LogP contribution in [0.2, 0.25) is 0 Å². The third-order valence-electron chi connectivity index (χ3n) is 9.73. The monoisotopic (exact) mass is 1090 g/mol. The lowest BCUT2D eigenvalue weighted by Gasteiger charge is -2.19. The van der Waals surface area contributed by atoms with Crippen molar-refractivity contribution in [3.05, 3.63) is 94.6 Å². The Balaban J connectivity index is 0.000000291. The van der Waals surface area contributed by atoms with Crippen LogP contribution in [-0.2, 0) is 40.0 Å². The first-order valence-electron chi connectivity index (χ1n) is 21.8. The van der Waals surface area contributed by atoms with Gasteiger partial charge in [-0.25, -0.2) is 38.9 Å². The summed E-state index contributed by atoms with van der Waals surface area (Å²) >= 11 is 0. The molecule has 0 unspecified atom stereocenters. The van der Waals surface area contributed by atoms with Crippen LogP contribution in [0.5, 0.6) is 0 Å². The van der Waals surface area contributed by atoms with Gasteiger partial charge >= 0.3 is 41.8 Å². The molecule has 9 N–H and O–H groups in total. The minimum atomic E-state index is -1.36. The Labute approximate surface area is 440 Å². The van der Waals surface area contributed by atoms with E-state index >= 15 is 0 Å². The van der Waals surface area contributed by atoms with Gasteiger partial charge in [-0.3, -0.25) is 33.6 Å². The number of hydrogen-bond donors (Lipinski definition) is 9. The van der Waals surface area contributed by atoms with Gasteiger partial charge in [0.25, 0.3) is 0 Å². The number of amides is 2. The number of azo groups is 2. The quantitative estimate of drug-likeness (QED) is 0.0441. The summed E-state index contributed by atoms with van der Waals surface area (Å²) in [4.78, 5) is 120. The van der Waals surface area contributed by atoms with Crippen LogP contribution in [0.15, 0.2) is 81.4 Å². The molecular formula is C45H38N18O16. The fourth-order valence-corrected chi connectivity index (χ4v) is 6.49. The lowest BCUT2D eigenvalue weighted by atomic mass is 10.2. The molecule has 79 heavy (non-hydrogen) atoms. The average molecular weight is 1090 g/mol. The van der Waals surface area contributed by atoms with Gasteiger partial charge in [0.1, 0.15) is 49.4 Å². The molecule has 6 aromatic rings. The summed E-state index contributed by atoms with van der Waals surface area (Å²) in [6, 6.07) is 14.6. The first-order chi connectivity index (χ1) is 37.4. The maximum Gasteiger partial charge on any atom is 0.335 e. The van der Waals surface area contributed by atoms with Gasteiger partial charge in [0.2, 0.25) is 23.5 Å². The first-order valence-corrected chi connectivity index (χ1v) is 21.8. The SMILES string of the molecule is CC(=O)Nc1nc(N(CC(=O)O)CC(=O)O)cnc1N=Nc1c(C#N)c(C)nn1-c1ccc(C(=O)O)cc1.CC(=O)Nc1nc(N(CC(=O)O)CC(=O)O)cnc1N=Nc1c(C#N)c(CC(=O)O)nn1-c1ccc(C(=O)O)cc1. The molecule has 2 aromatic carbocycles. The van der Waals surface area contributed by atoms with Gasteiger partial charge in [0.15, 0.2) is 34.9 Å². The van der Waals surface area contributed by atoms with Crippen molar-refractivity contribution in [1.29, 1.82) is 10.5 Å². The Kier molecular flexibility index (Phi) is 18.9. The van der Waals surface area contributed by atoms with E-state index in [1.807, 2.05) is 12.1 Å². The van der Waals surface area contributed by atoms with Crippen molar-refractivity contribution < 1.29 is 78.9 Å². The molecule has 0 radical (unpaired) electrons. The molecule has 404 valence electrons. The highest BCUT2D eigenvalue weighted by Crippen LogP contribution is 2.33. The summed E-state index contributed by atoms with van der Waals surface area (Å²) in [6.45, 7) is 0.963. The zero-order valence-corrected chi connectivity index (χ0v) is 40.8. The number of carboxylic acid groups (broad SMARTS) is 7. The molecule has 34 heteroatoms. The van der Waals surface area contributed by atoms with Crippen molar-refractivity contribution >= 4 is 100 Å². The van der Waals surface area contributed by atoms with E-state index in [1.54, 1.807) is 6.92 Å². The van der Waals surface area contributed by atoms with E-state index in [4.69, 9.17) is 30.6 Å². The van der Waals surface area contributed by atoms with Crippen LogP contribution in [0.4, 0.5) is 46.5 Å². The van der Waals surface area contributed by atoms with Crippen molar-refractivity contribution in [3.63, 3.8) is 0 Å². The Morgan fingerprint density at radius 1 is 0.544 bits per heavy atom. The van der Waals surface area contributed by atoms with Crippen molar-refractivity contribution in [2.24, 2.45) is 20.5 Å². The number of rotatable bonds is 22. The van der Waals surface area contributed by atoms with Crippen LogP contribution in [0, 0.1) is 29.6 Å². The number of carbonyl (C=O) groups is 9. The zero-order valence-electron chi connectivity index (χ0n) is 40.8. The molecule has 0 atom stereocenters. The van der Waals surface area contributed by atoms with Crippen molar-refractivity contribution in [2.75, 3.05) is 46.6 Å². The van der Waals surface area contributed by atoms with E-state index in [-0.39, 0.29) is 80.2 Å². The van der Waals surface area contributed by atoms with E-state index in [0.717, 1.165) is 33.8 Å². The lowest BCUT2D eigenvalue weighted by molar-refractivity contribution is -0.138. The van der Waals surface area contributed by atoms with E-state index in [9.17, 15) is 58.8 Å². The number of aromatic nitrogens is 8. The van der Waals surface area contributed by atoms with E-state index < -0.39 is 86.2 Å². The Bertz CT molecular complexity index is 3530. The van der Waals surface area contributed by atoms with Gasteiger partial charge in [0.05, 0.1) is 52.7 Å². The van der Waals surface area contributed by atoms with Crippen LogP contribution in [0.3, 0.4) is 0 Å². The summed E-state index contributed by atoms with van der Waals surface area (Å²) in [5.74, 6) is -12.0. The number of anilines is 4. The number of nitriles is 2. The summed E-state index contributed by atoms with van der Waals surface area (Å²) < 4.78 is 2.33. The Morgan fingerprint density at radius 2 is 0.911 bits per heavy atom. The molecular weight excluding hydrogens is 1050 g/mol. The minimum Gasteiger partial charge on any atom is -0.481 e. The predicted molar refractivity (Wildman–Crippen MR) is 263 cm³/mol. The number of aliphatic carboxylic acids is 5. The van der Waals surface area contributed by atoms with Gasteiger partial charge in [-0.15, -0.1) is 20.5 Å². The van der Waals surface area contributed by atoms with Crippen LogP contribution in [0.1, 0.15) is 57.1 Å². The largest absolute Gasteiger partial charge is 0.481 e. The van der Waals surface area contributed by atoms with Crippen LogP contribution in [-0.4, -0.2) is 155 Å². The van der Waals surface area contributed by atoms with Gasteiger partial charge < -0.3 is 56.2 Å². The van der Waals surface area contributed by atoms with Crippen molar-refractivity contribution in [1.82, 2.24) is 39.5 Å². The number of hydrogen-bond acceptors (Lipinski definition) is 23. The normalized spacial score (nSPS) is 10.6. The molecule has 34 nitrogen and oxygen atoms in total. The number of aryl methyl sites for hydroxylation is 1. The van der Waals surface area contributed by atoms with Crippen LogP contribution < -0.4 is 20.4 Å². The summed E-state index contributed by atoms with van der Waals surface area (Å²) in [5, 5.41) is 112. The van der Waals surface area contributed by atoms with E-state index in [0.29, 0.717) is 11.4 Å². The Morgan fingerprint density at radius 3 is 1.24 bits per heavy atom. The van der Waals surface area contributed by atoms with Gasteiger partial charge in [-0.2, -0.15) is 20.7 Å². The standard InChI is InChI=1S/C23H19N9O9.C22H19N9O7/c1-11(33)26-21-20(25-8-16(27-21)31(9-18(36)37)10-19(38)39)28-29-22-14(7-24)15(6-17(34)35)30-32(22)13-4-2-12(3-5-13)23(40)41;1-11-15(7-23)21(31(29-11)14-5-3-13(4-6-14)22(37)38)28-27-19-20(25-12(2)32)26-16(8-24-19)30(9-17(33)34)10-18(35)36/h2-5,8H,6,9-10H2,1H3,(H,34,35)(H,36,37)(H,38,39)(H,40,41)(H,26,27,33);3-6,8H,9-10H2,1-2H3,(H,33,34)(H,35,36)(H,37,38)(H,25,26,32). The second-order valence-corrected chi connectivity index (χ2v) is 15.6. The number of nitrogens with one attached hydrogen (secondary N) is 2. The number of nitrogens with zero attached hydrogens (tertiary/aromatic N) is 16. The zero-order chi connectivity index (χ0) is 58.2. The third-order valence-corrected chi connectivity index (χ3v) is 9.73. The molecule has 0 aliphatic rings. The van der Waals surface area contributed by atoms with Gasteiger partial charge in [-0.05, 0) is 55.5 Å². The fraction of sp³-hybridized carbons (Fsp3) is 0.178. The molecule has 0 aliphatic carbocycles. The lowest BCUT2D eigenvalue weighted by Crippen LogP contribution is -2.35. The number of carboxylic acids is 7. The highest BCUT2D eigenvalue weighted by atomic mass is 16.4. The van der Waals surface area contributed by atoms with Crippen molar-refractivity contribution in [2.45, 2.75) is 27.2 Å². The smallest absolute Gasteiger partial charge is 0.335 e. The molecule has 2 amide bonds. The second kappa shape index (κ2) is 25.8. The highest BCUT2D eigenvalue weighted by Gasteiger charge is 2.25. The molecule has 6 rings (SSSR count). The number of aromatic carboxylic acids is 2. The first kappa shape index (κ1) is 57.9. The van der Waals surface area contributed by atoms with Gasteiger partial charge in [0, 0.05) is 13.8 Å². The molecule has 4 heterocycles.